The summed E-state index contributed by atoms with van der Waals surface area (Å²) in [5.74, 6) is 1.93. The van der Waals surface area contributed by atoms with Crippen LogP contribution in [0.2, 0.25) is 0 Å². The van der Waals surface area contributed by atoms with Gasteiger partial charge in [0.05, 0.1) is 0 Å². The zero-order valence-electron chi connectivity index (χ0n) is 10.5. The Bertz CT molecular complexity index is 500. The fourth-order valence-corrected chi connectivity index (χ4v) is 1.69. The number of rotatable bonds is 5. The number of hydrogen-bond donors (Lipinski definition) is 1. The summed E-state index contributed by atoms with van der Waals surface area (Å²) >= 11 is 0. The molecule has 0 amide bonds. The van der Waals surface area contributed by atoms with Gasteiger partial charge in [0.25, 0.3) is 0 Å². The number of nitrogen functional groups attached to an aromatic ring is 1. The van der Waals surface area contributed by atoms with E-state index in [-0.39, 0.29) is 0 Å². The molecule has 1 aromatic heterocycles. The van der Waals surface area contributed by atoms with Gasteiger partial charge in [-0.1, -0.05) is 31.5 Å². The van der Waals surface area contributed by atoms with Crippen molar-refractivity contribution < 1.29 is 4.74 Å². The highest BCUT2D eigenvalue weighted by Crippen LogP contribution is 2.11. The molecular weight excluding hydrogens is 226 g/mol. The van der Waals surface area contributed by atoms with Crippen LogP contribution >= 0.6 is 0 Å². The van der Waals surface area contributed by atoms with Crippen molar-refractivity contribution in [3.8, 4) is 5.75 Å². The van der Waals surface area contributed by atoms with Gasteiger partial charge in [0, 0.05) is 11.8 Å². The number of benzene rings is 1. The van der Waals surface area contributed by atoms with Gasteiger partial charge in [-0.15, -0.1) is 0 Å². The first-order valence-electron chi connectivity index (χ1n) is 6.08. The van der Waals surface area contributed by atoms with Crippen LogP contribution in [-0.2, 0) is 13.0 Å². The van der Waals surface area contributed by atoms with Gasteiger partial charge in [0.2, 0.25) is 0 Å². The highest BCUT2D eigenvalue weighted by atomic mass is 16.5. The second-order valence-electron chi connectivity index (χ2n) is 4.05. The Kier molecular flexibility index (Phi) is 4.12. The van der Waals surface area contributed by atoms with Crippen molar-refractivity contribution in [2.45, 2.75) is 26.4 Å². The van der Waals surface area contributed by atoms with Crippen LogP contribution in [0.15, 0.2) is 36.4 Å². The van der Waals surface area contributed by atoms with Crippen molar-refractivity contribution >= 4 is 5.82 Å². The van der Waals surface area contributed by atoms with Crippen molar-refractivity contribution in [3.63, 3.8) is 0 Å². The van der Waals surface area contributed by atoms with Crippen LogP contribution in [0.3, 0.4) is 0 Å². The molecule has 0 unspecified atom stereocenters. The van der Waals surface area contributed by atoms with E-state index in [4.69, 9.17) is 10.5 Å². The van der Waals surface area contributed by atoms with Gasteiger partial charge < -0.3 is 10.5 Å². The summed E-state index contributed by atoms with van der Waals surface area (Å²) < 4.78 is 5.60. The molecule has 0 radical (unpaired) electrons. The van der Waals surface area contributed by atoms with E-state index in [1.165, 1.54) is 0 Å². The van der Waals surface area contributed by atoms with Gasteiger partial charge in [-0.2, -0.15) is 0 Å². The van der Waals surface area contributed by atoms with E-state index in [2.05, 4.69) is 16.9 Å². The Hall–Kier alpha value is -2.10. The van der Waals surface area contributed by atoms with E-state index >= 15 is 0 Å². The third kappa shape index (κ3) is 3.45. The summed E-state index contributed by atoms with van der Waals surface area (Å²) in [7, 11) is 0. The molecule has 4 nitrogen and oxygen atoms in total. The predicted molar refractivity (Wildman–Crippen MR) is 71.2 cm³/mol. The van der Waals surface area contributed by atoms with Crippen molar-refractivity contribution in [2.24, 2.45) is 0 Å². The summed E-state index contributed by atoms with van der Waals surface area (Å²) in [6.07, 6.45) is 1.94. The zero-order valence-corrected chi connectivity index (χ0v) is 10.5. The first-order valence-corrected chi connectivity index (χ1v) is 6.08. The monoisotopic (exact) mass is 243 g/mol. The summed E-state index contributed by atoms with van der Waals surface area (Å²) in [6, 6.07) is 11.4. The van der Waals surface area contributed by atoms with Gasteiger partial charge in [-0.3, -0.25) is 0 Å². The quantitative estimate of drug-likeness (QED) is 0.876. The van der Waals surface area contributed by atoms with Gasteiger partial charge in [-0.05, 0) is 18.6 Å². The second-order valence-corrected chi connectivity index (χ2v) is 4.05. The predicted octanol–water partition coefficient (Wildman–Crippen LogP) is 2.59. The van der Waals surface area contributed by atoms with E-state index in [0.717, 1.165) is 24.3 Å². The molecule has 0 saturated carbocycles. The molecule has 2 N–H and O–H groups in total. The van der Waals surface area contributed by atoms with E-state index in [0.29, 0.717) is 18.2 Å². The number of aromatic nitrogens is 2. The zero-order chi connectivity index (χ0) is 12.8. The molecule has 0 atom stereocenters. The molecule has 2 aromatic rings. The lowest BCUT2D eigenvalue weighted by Gasteiger charge is -2.07. The maximum Gasteiger partial charge on any atom is 0.168 e. The molecule has 0 fully saturated rings. The minimum absolute atomic E-state index is 0.339. The first kappa shape index (κ1) is 12.4. The van der Waals surface area contributed by atoms with Gasteiger partial charge in [-0.25, -0.2) is 9.97 Å². The van der Waals surface area contributed by atoms with Crippen molar-refractivity contribution in [1.29, 1.82) is 0 Å². The summed E-state index contributed by atoms with van der Waals surface area (Å²) in [5.41, 5.74) is 6.72. The normalized spacial score (nSPS) is 10.3. The van der Waals surface area contributed by atoms with Gasteiger partial charge in [0.15, 0.2) is 5.82 Å². The molecule has 0 spiro atoms. The highest BCUT2D eigenvalue weighted by molar-refractivity contribution is 5.30. The van der Waals surface area contributed by atoms with Crippen LogP contribution < -0.4 is 10.5 Å². The molecule has 0 aliphatic rings. The first-order chi connectivity index (χ1) is 8.78. The molecule has 18 heavy (non-hydrogen) atoms. The number of para-hydroxylation sites is 1. The van der Waals surface area contributed by atoms with Gasteiger partial charge >= 0.3 is 0 Å². The van der Waals surface area contributed by atoms with E-state index in [9.17, 15) is 0 Å². The molecule has 0 bridgehead atoms. The Morgan fingerprint density at radius 3 is 2.67 bits per heavy atom. The molecule has 2 rings (SSSR count). The molecule has 0 aliphatic carbocycles. The smallest absolute Gasteiger partial charge is 0.168 e. The number of aryl methyl sites for hydroxylation is 1. The molecule has 4 heteroatoms. The van der Waals surface area contributed by atoms with E-state index in [1.54, 1.807) is 0 Å². The lowest BCUT2D eigenvalue weighted by molar-refractivity contribution is 0.295. The summed E-state index contributed by atoms with van der Waals surface area (Å²) in [4.78, 5) is 8.60. The van der Waals surface area contributed by atoms with Crippen LogP contribution in [-0.4, -0.2) is 9.97 Å². The van der Waals surface area contributed by atoms with Crippen LogP contribution in [0.5, 0.6) is 5.75 Å². The Labute approximate surface area is 107 Å². The van der Waals surface area contributed by atoms with Crippen LogP contribution in [0.1, 0.15) is 24.9 Å². The number of hydrogen-bond acceptors (Lipinski definition) is 4. The topological polar surface area (TPSA) is 61.0 Å². The highest BCUT2D eigenvalue weighted by Gasteiger charge is 2.03. The average molecular weight is 243 g/mol. The lowest BCUT2D eigenvalue weighted by Crippen LogP contribution is -2.06. The average Bonchev–Trinajstić information content (AvgIpc) is 2.37. The number of anilines is 1. The fraction of sp³-hybridized carbons (Fsp3) is 0.286. The van der Waals surface area contributed by atoms with Crippen molar-refractivity contribution in [1.82, 2.24) is 9.97 Å². The number of ether oxygens (including phenoxy) is 1. The van der Waals surface area contributed by atoms with E-state index in [1.807, 2.05) is 36.4 Å². The Morgan fingerprint density at radius 2 is 1.94 bits per heavy atom. The fourth-order valence-electron chi connectivity index (χ4n) is 1.69. The summed E-state index contributed by atoms with van der Waals surface area (Å²) in [6.45, 7) is 2.45. The van der Waals surface area contributed by atoms with E-state index < -0.39 is 0 Å². The Balaban J connectivity index is 2.05. The minimum Gasteiger partial charge on any atom is -0.486 e. The van der Waals surface area contributed by atoms with Crippen molar-refractivity contribution in [2.75, 3.05) is 5.73 Å². The largest absolute Gasteiger partial charge is 0.486 e. The molecule has 1 heterocycles. The molecule has 94 valence electrons. The molecule has 1 aromatic carbocycles. The third-order valence-electron chi connectivity index (χ3n) is 2.46. The molecule has 0 aliphatic heterocycles. The van der Waals surface area contributed by atoms with Gasteiger partial charge in [0.1, 0.15) is 18.2 Å². The van der Waals surface area contributed by atoms with Crippen molar-refractivity contribution in [3.05, 3.63) is 47.9 Å². The molecule has 0 saturated heterocycles. The maximum absolute atomic E-state index is 5.75. The third-order valence-corrected chi connectivity index (χ3v) is 2.46. The van der Waals surface area contributed by atoms with Crippen LogP contribution in [0, 0.1) is 0 Å². The second kappa shape index (κ2) is 6.00. The SMILES string of the molecule is CCCc1cc(N)nc(COc2ccccc2)n1. The Morgan fingerprint density at radius 1 is 1.17 bits per heavy atom. The minimum atomic E-state index is 0.339. The maximum atomic E-state index is 5.75. The van der Waals surface area contributed by atoms with Crippen LogP contribution in [0.25, 0.3) is 0 Å². The lowest BCUT2D eigenvalue weighted by atomic mass is 10.2. The number of nitrogens with zero attached hydrogens (tertiary/aromatic N) is 2. The molecular formula is C14H17N3O. The number of nitrogens with two attached hydrogens (primary N) is 1. The van der Waals surface area contributed by atoms with Crippen LogP contribution in [0.4, 0.5) is 5.82 Å². The standard InChI is InChI=1S/C14H17N3O/c1-2-6-11-9-13(15)17-14(16-11)10-18-12-7-4-3-5-8-12/h3-5,7-9H,2,6,10H2,1H3,(H2,15,16,17). The summed E-state index contributed by atoms with van der Waals surface area (Å²) in [5, 5.41) is 0.